The van der Waals surface area contributed by atoms with E-state index >= 15 is 0 Å². The van der Waals surface area contributed by atoms with Crippen molar-refractivity contribution in [2.45, 2.75) is 13.5 Å². The van der Waals surface area contributed by atoms with Gasteiger partial charge in [0, 0.05) is 13.1 Å². The molecular formula is C12H16FN3S. The molecule has 2 aromatic rings. The summed E-state index contributed by atoms with van der Waals surface area (Å²) in [6.45, 7) is 4.76. The number of rotatable bonds is 4. The lowest BCUT2D eigenvalue weighted by molar-refractivity contribution is 0.336. The van der Waals surface area contributed by atoms with E-state index in [1.807, 2.05) is 4.57 Å². The number of fused-ring (bicyclic) bond motifs is 1. The Bertz CT molecular complexity index is 573. The van der Waals surface area contributed by atoms with E-state index in [4.69, 9.17) is 12.2 Å². The molecule has 0 aliphatic carbocycles. The van der Waals surface area contributed by atoms with Crippen molar-refractivity contribution in [3.05, 3.63) is 28.8 Å². The number of hydrogen-bond donors (Lipinski definition) is 1. The van der Waals surface area contributed by atoms with Crippen LogP contribution in [0.3, 0.4) is 0 Å². The molecule has 1 aromatic heterocycles. The van der Waals surface area contributed by atoms with Gasteiger partial charge in [-0.2, -0.15) is 0 Å². The Balaban J connectivity index is 2.35. The maximum absolute atomic E-state index is 13.2. The lowest BCUT2D eigenvalue weighted by atomic mass is 10.3. The molecule has 92 valence electrons. The Labute approximate surface area is 105 Å². The molecule has 0 radical (unpaired) electrons. The van der Waals surface area contributed by atoms with Crippen LogP contribution in [-0.2, 0) is 6.54 Å². The van der Waals surface area contributed by atoms with E-state index in [0.717, 1.165) is 30.7 Å². The highest BCUT2D eigenvalue weighted by molar-refractivity contribution is 7.71. The zero-order chi connectivity index (χ0) is 12.4. The number of aromatic amines is 1. The third kappa shape index (κ3) is 2.56. The Morgan fingerprint density at radius 1 is 1.47 bits per heavy atom. The summed E-state index contributed by atoms with van der Waals surface area (Å²) in [7, 11) is 2.05. The van der Waals surface area contributed by atoms with Crippen LogP contribution in [0.4, 0.5) is 4.39 Å². The summed E-state index contributed by atoms with van der Waals surface area (Å²) in [6.07, 6.45) is 0. The third-order valence-corrected chi connectivity index (χ3v) is 3.30. The predicted molar refractivity (Wildman–Crippen MR) is 70.3 cm³/mol. The molecule has 0 amide bonds. The number of benzene rings is 1. The Kier molecular flexibility index (Phi) is 3.59. The standard InChI is InChI=1S/C12H16FN3S/c1-3-15(2)6-7-16-11-8-9(13)4-5-10(11)14-12(16)17/h4-5,8H,3,6-7H2,1-2H3,(H,14,17). The first-order valence-corrected chi connectivity index (χ1v) is 6.09. The predicted octanol–water partition coefficient (Wildman–Crippen LogP) is 2.79. The molecule has 0 aliphatic heterocycles. The molecule has 2 rings (SSSR count). The SMILES string of the molecule is CCN(C)CCn1c(=S)[nH]c2ccc(F)cc21. The molecule has 0 saturated heterocycles. The minimum Gasteiger partial charge on any atom is -0.331 e. The summed E-state index contributed by atoms with van der Waals surface area (Å²) < 4.78 is 15.8. The largest absolute Gasteiger partial charge is 0.331 e. The van der Waals surface area contributed by atoms with Crippen LogP contribution in [0.5, 0.6) is 0 Å². The number of imidazole rings is 1. The second-order valence-electron chi connectivity index (χ2n) is 4.14. The summed E-state index contributed by atoms with van der Waals surface area (Å²) in [6, 6.07) is 4.68. The fourth-order valence-electron chi connectivity index (χ4n) is 1.78. The Morgan fingerprint density at radius 2 is 2.24 bits per heavy atom. The second-order valence-corrected chi connectivity index (χ2v) is 4.53. The topological polar surface area (TPSA) is 24.0 Å². The van der Waals surface area contributed by atoms with Crippen molar-refractivity contribution in [1.29, 1.82) is 0 Å². The maximum Gasteiger partial charge on any atom is 0.178 e. The van der Waals surface area contributed by atoms with Crippen molar-refractivity contribution in [3.63, 3.8) is 0 Å². The van der Waals surface area contributed by atoms with Crippen molar-refractivity contribution in [3.8, 4) is 0 Å². The van der Waals surface area contributed by atoms with E-state index in [0.29, 0.717) is 4.77 Å². The number of H-pyrrole nitrogens is 1. The van der Waals surface area contributed by atoms with E-state index in [-0.39, 0.29) is 5.82 Å². The quantitative estimate of drug-likeness (QED) is 0.847. The number of halogens is 1. The lowest BCUT2D eigenvalue weighted by Gasteiger charge is -2.14. The van der Waals surface area contributed by atoms with Crippen LogP contribution in [0.25, 0.3) is 11.0 Å². The van der Waals surface area contributed by atoms with Crippen LogP contribution in [0.2, 0.25) is 0 Å². The lowest BCUT2D eigenvalue weighted by Crippen LogP contribution is -2.22. The van der Waals surface area contributed by atoms with Crippen molar-refractivity contribution in [1.82, 2.24) is 14.5 Å². The molecule has 5 heteroatoms. The molecule has 0 bridgehead atoms. The first-order valence-electron chi connectivity index (χ1n) is 5.68. The molecule has 0 saturated carbocycles. The van der Waals surface area contributed by atoms with Crippen molar-refractivity contribution in [2.75, 3.05) is 20.1 Å². The number of likely N-dealkylation sites (N-methyl/N-ethyl adjacent to an activating group) is 1. The molecule has 0 unspecified atom stereocenters. The van der Waals surface area contributed by atoms with Crippen LogP contribution in [-0.4, -0.2) is 34.6 Å². The van der Waals surface area contributed by atoms with E-state index < -0.39 is 0 Å². The number of hydrogen-bond acceptors (Lipinski definition) is 2. The molecule has 1 N–H and O–H groups in total. The first kappa shape index (κ1) is 12.3. The van der Waals surface area contributed by atoms with Gasteiger partial charge < -0.3 is 14.5 Å². The van der Waals surface area contributed by atoms with Gasteiger partial charge in [0.2, 0.25) is 0 Å². The van der Waals surface area contributed by atoms with Crippen LogP contribution in [0, 0.1) is 10.6 Å². The minimum atomic E-state index is -0.232. The average molecular weight is 253 g/mol. The molecule has 17 heavy (non-hydrogen) atoms. The van der Waals surface area contributed by atoms with Gasteiger partial charge in [-0.1, -0.05) is 6.92 Å². The Hall–Kier alpha value is -1.20. The van der Waals surface area contributed by atoms with Crippen LogP contribution in [0.1, 0.15) is 6.92 Å². The fraction of sp³-hybridized carbons (Fsp3) is 0.417. The van der Waals surface area contributed by atoms with Crippen LogP contribution in [0.15, 0.2) is 18.2 Å². The highest BCUT2D eigenvalue weighted by Crippen LogP contribution is 2.15. The van der Waals surface area contributed by atoms with Gasteiger partial charge in [0.25, 0.3) is 0 Å². The van der Waals surface area contributed by atoms with Crippen LogP contribution >= 0.6 is 12.2 Å². The summed E-state index contributed by atoms with van der Waals surface area (Å²) >= 11 is 5.25. The smallest absolute Gasteiger partial charge is 0.178 e. The van der Waals surface area contributed by atoms with Gasteiger partial charge >= 0.3 is 0 Å². The summed E-state index contributed by atoms with van der Waals surface area (Å²) in [5, 5.41) is 0. The summed E-state index contributed by atoms with van der Waals surface area (Å²) in [5.41, 5.74) is 1.72. The first-order chi connectivity index (χ1) is 8.11. The van der Waals surface area contributed by atoms with E-state index in [9.17, 15) is 4.39 Å². The van der Waals surface area contributed by atoms with Gasteiger partial charge in [0.15, 0.2) is 4.77 Å². The van der Waals surface area contributed by atoms with Gasteiger partial charge in [-0.25, -0.2) is 4.39 Å². The zero-order valence-corrected chi connectivity index (χ0v) is 10.9. The second kappa shape index (κ2) is 4.98. The van der Waals surface area contributed by atoms with Gasteiger partial charge in [-0.15, -0.1) is 0 Å². The average Bonchev–Trinajstić information content (AvgIpc) is 2.61. The molecular weight excluding hydrogens is 237 g/mol. The highest BCUT2D eigenvalue weighted by Gasteiger charge is 2.06. The van der Waals surface area contributed by atoms with Gasteiger partial charge in [0.05, 0.1) is 11.0 Å². The molecule has 0 atom stereocenters. The molecule has 0 fully saturated rings. The van der Waals surface area contributed by atoms with Gasteiger partial charge in [-0.05, 0) is 44.0 Å². The maximum atomic E-state index is 13.2. The molecule has 0 aliphatic rings. The van der Waals surface area contributed by atoms with E-state index in [1.54, 1.807) is 6.07 Å². The van der Waals surface area contributed by atoms with E-state index in [2.05, 4.69) is 23.9 Å². The summed E-state index contributed by atoms with van der Waals surface area (Å²) in [5.74, 6) is -0.232. The van der Waals surface area contributed by atoms with Crippen molar-refractivity contribution >= 4 is 23.3 Å². The monoisotopic (exact) mass is 253 g/mol. The van der Waals surface area contributed by atoms with Gasteiger partial charge in [0.1, 0.15) is 5.82 Å². The molecule has 1 heterocycles. The van der Waals surface area contributed by atoms with Crippen molar-refractivity contribution in [2.24, 2.45) is 0 Å². The minimum absolute atomic E-state index is 0.232. The molecule has 3 nitrogen and oxygen atoms in total. The number of nitrogens with zero attached hydrogens (tertiary/aromatic N) is 2. The highest BCUT2D eigenvalue weighted by atomic mass is 32.1. The van der Waals surface area contributed by atoms with Crippen molar-refractivity contribution < 1.29 is 4.39 Å². The van der Waals surface area contributed by atoms with Crippen LogP contribution < -0.4 is 0 Å². The normalized spacial score (nSPS) is 11.5. The molecule has 0 spiro atoms. The third-order valence-electron chi connectivity index (χ3n) is 2.98. The molecule has 1 aromatic carbocycles. The zero-order valence-electron chi connectivity index (χ0n) is 10.0. The number of aromatic nitrogens is 2. The van der Waals surface area contributed by atoms with E-state index in [1.165, 1.54) is 12.1 Å². The fourth-order valence-corrected chi connectivity index (χ4v) is 2.08. The summed E-state index contributed by atoms with van der Waals surface area (Å²) in [4.78, 5) is 5.28. The number of nitrogens with one attached hydrogen (secondary N) is 1. The Morgan fingerprint density at radius 3 is 2.94 bits per heavy atom. The van der Waals surface area contributed by atoms with Gasteiger partial charge in [-0.3, -0.25) is 0 Å².